The van der Waals surface area contributed by atoms with Crippen LogP contribution in [0.15, 0.2) is 42.5 Å². The van der Waals surface area contributed by atoms with Crippen molar-refractivity contribution in [3.05, 3.63) is 53.6 Å². The molecule has 2 aliphatic rings. The lowest BCUT2D eigenvalue weighted by Gasteiger charge is -2.16. The monoisotopic (exact) mass is 340 g/mol. The molecule has 0 N–H and O–H groups in total. The first-order valence-corrected chi connectivity index (χ1v) is 8.41. The summed E-state index contributed by atoms with van der Waals surface area (Å²) in [6, 6.07) is 13.8. The van der Waals surface area contributed by atoms with Gasteiger partial charge in [-0.1, -0.05) is 18.2 Å². The van der Waals surface area contributed by atoms with E-state index in [9.17, 15) is 4.79 Å². The summed E-state index contributed by atoms with van der Waals surface area (Å²) in [5.74, 6) is 2.26. The number of cyclic esters (lactones) is 1. The zero-order valence-corrected chi connectivity index (χ0v) is 14.1. The van der Waals surface area contributed by atoms with E-state index < -0.39 is 0 Å². The Labute approximate surface area is 146 Å². The van der Waals surface area contributed by atoms with Crippen molar-refractivity contribution in [3.63, 3.8) is 0 Å². The van der Waals surface area contributed by atoms with Gasteiger partial charge in [0.05, 0.1) is 19.6 Å². The Morgan fingerprint density at radius 2 is 1.72 bits per heavy atom. The molecule has 2 heterocycles. The largest absolute Gasteiger partial charge is 0.497 e. The van der Waals surface area contributed by atoms with Gasteiger partial charge in [0.1, 0.15) is 5.75 Å². The van der Waals surface area contributed by atoms with E-state index in [2.05, 4.69) is 0 Å². The molecule has 0 amide bonds. The lowest BCUT2D eigenvalue weighted by Crippen LogP contribution is -2.20. The van der Waals surface area contributed by atoms with Crippen LogP contribution in [0, 0.1) is 11.8 Å². The van der Waals surface area contributed by atoms with Gasteiger partial charge >= 0.3 is 5.97 Å². The van der Waals surface area contributed by atoms with Gasteiger partial charge in [0.25, 0.3) is 0 Å². The van der Waals surface area contributed by atoms with Crippen molar-refractivity contribution in [1.82, 2.24) is 0 Å². The molecule has 0 unspecified atom stereocenters. The molecule has 4 rings (SSSR count). The van der Waals surface area contributed by atoms with Gasteiger partial charge in [0.2, 0.25) is 6.79 Å². The first-order valence-electron chi connectivity index (χ1n) is 8.41. The molecule has 5 nitrogen and oxygen atoms in total. The van der Waals surface area contributed by atoms with Gasteiger partial charge in [-0.2, -0.15) is 0 Å². The zero-order chi connectivity index (χ0) is 17.2. The third kappa shape index (κ3) is 3.27. The lowest BCUT2D eigenvalue weighted by molar-refractivity contribution is -0.141. The molecule has 5 heteroatoms. The summed E-state index contributed by atoms with van der Waals surface area (Å²) >= 11 is 0. The summed E-state index contributed by atoms with van der Waals surface area (Å²) in [5.41, 5.74) is 2.24. The van der Waals surface area contributed by atoms with Crippen LogP contribution in [0.1, 0.15) is 11.1 Å². The lowest BCUT2D eigenvalue weighted by atomic mass is 9.85. The summed E-state index contributed by atoms with van der Waals surface area (Å²) in [4.78, 5) is 12.2. The molecule has 1 saturated heterocycles. The zero-order valence-electron chi connectivity index (χ0n) is 14.1. The van der Waals surface area contributed by atoms with Crippen molar-refractivity contribution in [2.24, 2.45) is 11.8 Å². The minimum Gasteiger partial charge on any atom is -0.497 e. The van der Waals surface area contributed by atoms with Crippen LogP contribution in [0.3, 0.4) is 0 Å². The molecule has 2 aromatic carbocycles. The van der Waals surface area contributed by atoms with Crippen LogP contribution < -0.4 is 14.2 Å². The maximum absolute atomic E-state index is 12.2. The molecule has 130 valence electrons. The Morgan fingerprint density at radius 1 is 0.960 bits per heavy atom. The van der Waals surface area contributed by atoms with Gasteiger partial charge in [-0.15, -0.1) is 0 Å². The Balaban J connectivity index is 1.47. The van der Waals surface area contributed by atoms with Crippen LogP contribution >= 0.6 is 0 Å². The van der Waals surface area contributed by atoms with Gasteiger partial charge in [-0.3, -0.25) is 4.79 Å². The molecule has 0 bridgehead atoms. The van der Waals surface area contributed by atoms with E-state index in [1.54, 1.807) is 7.11 Å². The second kappa shape index (κ2) is 6.67. The van der Waals surface area contributed by atoms with Gasteiger partial charge in [-0.25, -0.2) is 0 Å². The molecule has 0 aromatic heterocycles. The summed E-state index contributed by atoms with van der Waals surface area (Å²) in [5, 5.41) is 0. The first kappa shape index (κ1) is 15.8. The molecule has 25 heavy (non-hydrogen) atoms. The van der Waals surface area contributed by atoms with Crippen molar-refractivity contribution in [2.75, 3.05) is 20.5 Å². The number of ether oxygens (including phenoxy) is 4. The Hall–Kier alpha value is -2.69. The fourth-order valence-corrected chi connectivity index (χ4v) is 3.44. The number of hydrogen-bond donors (Lipinski definition) is 0. The van der Waals surface area contributed by atoms with Crippen LogP contribution in [-0.2, 0) is 22.4 Å². The maximum atomic E-state index is 12.2. The second-order valence-electron chi connectivity index (χ2n) is 6.44. The van der Waals surface area contributed by atoms with Gasteiger partial charge in [-0.05, 0) is 48.2 Å². The molecule has 2 atom stereocenters. The standard InChI is InChI=1S/C20H20O5/c1-22-16-5-2-13(3-6-16)8-15-11-23-20(21)17(15)9-14-4-7-18-19(10-14)25-12-24-18/h2-7,10,15,17H,8-9,11-12H2,1H3/t15-,17+/m1/s1. The van der Waals surface area contributed by atoms with Gasteiger partial charge < -0.3 is 18.9 Å². The highest BCUT2D eigenvalue weighted by atomic mass is 16.7. The average Bonchev–Trinajstić information content (AvgIpc) is 3.23. The molecule has 0 aliphatic carbocycles. The summed E-state index contributed by atoms with van der Waals surface area (Å²) in [6.45, 7) is 0.727. The predicted octanol–water partition coefficient (Wildman–Crippen LogP) is 3.00. The Kier molecular flexibility index (Phi) is 4.22. The number of methoxy groups -OCH3 is 1. The van der Waals surface area contributed by atoms with Crippen molar-refractivity contribution in [1.29, 1.82) is 0 Å². The van der Waals surface area contributed by atoms with E-state index >= 15 is 0 Å². The predicted molar refractivity (Wildman–Crippen MR) is 90.9 cm³/mol. The van der Waals surface area contributed by atoms with Crippen molar-refractivity contribution in [3.8, 4) is 17.2 Å². The molecule has 0 spiro atoms. The topological polar surface area (TPSA) is 54.0 Å². The fraction of sp³-hybridized carbons (Fsp3) is 0.350. The van der Waals surface area contributed by atoms with E-state index in [4.69, 9.17) is 18.9 Å². The van der Waals surface area contributed by atoms with E-state index in [1.807, 2.05) is 42.5 Å². The molecule has 2 aromatic rings. The van der Waals surface area contributed by atoms with Crippen LogP contribution in [0.4, 0.5) is 0 Å². The first-order chi connectivity index (χ1) is 12.2. The average molecular weight is 340 g/mol. The number of esters is 1. The number of rotatable bonds is 5. The highest BCUT2D eigenvalue weighted by Crippen LogP contribution is 2.35. The van der Waals surface area contributed by atoms with Crippen LogP contribution in [0.25, 0.3) is 0 Å². The number of fused-ring (bicyclic) bond motifs is 1. The molecular weight excluding hydrogens is 320 g/mol. The Morgan fingerprint density at radius 3 is 2.52 bits per heavy atom. The summed E-state index contributed by atoms with van der Waals surface area (Å²) in [7, 11) is 1.65. The summed E-state index contributed by atoms with van der Waals surface area (Å²) in [6.07, 6.45) is 1.46. The second-order valence-corrected chi connectivity index (χ2v) is 6.44. The van der Waals surface area contributed by atoms with Gasteiger partial charge in [0.15, 0.2) is 11.5 Å². The van der Waals surface area contributed by atoms with Crippen LogP contribution in [0.2, 0.25) is 0 Å². The van der Waals surface area contributed by atoms with E-state index in [0.717, 1.165) is 29.2 Å². The fourth-order valence-electron chi connectivity index (χ4n) is 3.44. The minimum absolute atomic E-state index is 0.115. The highest BCUT2D eigenvalue weighted by molar-refractivity contribution is 5.75. The van der Waals surface area contributed by atoms with E-state index in [0.29, 0.717) is 13.0 Å². The number of hydrogen-bond acceptors (Lipinski definition) is 5. The molecular formula is C20H20O5. The van der Waals surface area contributed by atoms with E-state index in [1.165, 1.54) is 5.56 Å². The molecule has 0 radical (unpaired) electrons. The van der Waals surface area contributed by atoms with Crippen molar-refractivity contribution in [2.45, 2.75) is 12.8 Å². The van der Waals surface area contributed by atoms with Crippen molar-refractivity contribution >= 4 is 5.97 Å². The number of carbonyl (C=O) groups is 1. The maximum Gasteiger partial charge on any atom is 0.309 e. The van der Waals surface area contributed by atoms with Gasteiger partial charge in [0, 0.05) is 5.92 Å². The quantitative estimate of drug-likeness (QED) is 0.783. The minimum atomic E-state index is -0.137. The van der Waals surface area contributed by atoms with Crippen LogP contribution in [0.5, 0.6) is 17.2 Å². The van der Waals surface area contributed by atoms with Crippen molar-refractivity contribution < 1.29 is 23.7 Å². The smallest absolute Gasteiger partial charge is 0.309 e. The summed E-state index contributed by atoms with van der Waals surface area (Å²) < 4.78 is 21.3. The normalized spacial score (nSPS) is 21.2. The Bertz CT molecular complexity index is 768. The molecule has 0 saturated carbocycles. The molecule has 2 aliphatic heterocycles. The highest BCUT2D eigenvalue weighted by Gasteiger charge is 2.37. The molecule has 1 fully saturated rings. The third-order valence-corrected chi connectivity index (χ3v) is 4.86. The van der Waals surface area contributed by atoms with Crippen LogP contribution in [-0.4, -0.2) is 26.5 Å². The number of carbonyl (C=O) groups excluding carboxylic acids is 1. The van der Waals surface area contributed by atoms with E-state index in [-0.39, 0.29) is 24.6 Å². The number of benzene rings is 2. The third-order valence-electron chi connectivity index (χ3n) is 4.86. The SMILES string of the molecule is COc1ccc(C[C@@H]2COC(=O)[C@H]2Cc2ccc3c(c2)OCO3)cc1.